The topological polar surface area (TPSA) is 41.6 Å². The first-order valence-corrected chi connectivity index (χ1v) is 9.61. The molecule has 5 heteroatoms. The molecular formula is C20H24ClN3S. The first-order valence-electron chi connectivity index (χ1n) is 8.25. The van der Waals surface area contributed by atoms with E-state index in [4.69, 9.17) is 11.6 Å². The maximum absolute atomic E-state index is 6.34. The standard InChI is InChI=1S/C18H18ClN3S.C2H6/c1-4-23-14(3)17(19)9-8-16-13(2)21-22-18(16)10-7-15-6-5-11-20-12-15;1-2/h5-6,8,11-12,21H,2,4,9H2,1,3H3;1-2H3/b16-8+,17-14-;. The van der Waals surface area contributed by atoms with Crippen molar-refractivity contribution in [3.05, 3.63) is 56.3 Å². The van der Waals surface area contributed by atoms with E-state index in [1.165, 1.54) is 0 Å². The number of nitrogens with zero attached hydrogens (tertiary/aromatic N) is 2. The normalized spacial score (nSPS) is 11.8. The highest BCUT2D eigenvalue weighted by Gasteiger charge is 2.00. The quantitative estimate of drug-likeness (QED) is 0.822. The van der Waals surface area contributed by atoms with Crippen LogP contribution in [-0.4, -0.2) is 20.9 Å². The number of rotatable bonds is 4. The van der Waals surface area contributed by atoms with Crippen LogP contribution in [0.2, 0.25) is 0 Å². The molecule has 0 aliphatic carbocycles. The van der Waals surface area contributed by atoms with Gasteiger partial charge in [-0.15, -0.1) is 11.8 Å². The maximum atomic E-state index is 6.34. The third-order valence-electron chi connectivity index (χ3n) is 3.10. The van der Waals surface area contributed by atoms with Gasteiger partial charge in [0.15, 0.2) is 0 Å². The van der Waals surface area contributed by atoms with Gasteiger partial charge < -0.3 is 0 Å². The van der Waals surface area contributed by atoms with Crippen LogP contribution in [-0.2, 0) is 0 Å². The first kappa shape index (κ1) is 21.1. The van der Waals surface area contributed by atoms with Crippen molar-refractivity contribution in [3.8, 4) is 11.8 Å². The predicted octanol–water partition coefficient (Wildman–Crippen LogP) is 4.04. The summed E-state index contributed by atoms with van der Waals surface area (Å²) in [6, 6.07) is 3.76. The maximum Gasteiger partial charge on any atom is 0.142 e. The molecule has 0 atom stereocenters. The number of nitrogens with one attached hydrogen (secondary N) is 1. The Labute approximate surface area is 159 Å². The molecule has 2 heterocycles. The minimum atomic E-state index is 0.643. The Morgan fingerprint density at radius 1 is 1.40 bits per heavy atom. The van der Waals surface area contributed by atoms with E-state index in [1.54, 1.807) is 24.2 Å². The molecule has 0 saturated carbocycles. The summed E-state index contributed by atoms with van der Waals surface area (Å²) in [4.78, 5) is 5.19. The lowest BCUT2D eigenvalue weighted by Gasteiger charge is -2.00. The summed E-state index contributed by atoms with van der Waals surface area (Å²) in [5.41, 5.74) is 1.52. The number of aromatic nitrogens is 3. The Bertz CT molecular complexity index is 858. The zero-order chi connectivity index (χ0) is 18.7. The van der Waals surface area contributed by atoms with Gasteiger partial charge in [-0.3, -0.25) is 10.1 Å². The molecule has 0 aromatic carbocycles. The zero-order valence-electron chi connectivity index (χ0n) is 15.2. The molecule has 2 aromatic heterocycles. The lowest BCUT2D eigenvalue weighted by Crippen LogP contribution is -2.22. The molecule has 25 heavy (non-hydrogen) atoms. The Balaban J connectivity index is 0.00000151. The SMILES string of the molecule is C=c1[nH]nc(C#Cc2cccnc2)/c1=C/C/C(Cl)=C(\C)SCC.CC. The van der Waals surface area contributed by atoms with E-state index < -0.39 is 0 Å². The Morgan fingerprint density at radius 3 is 2.80 bits per heavy atom. The van der Waals surface area contributed by atoms with Gasteiger partial charge in [-0.1, -0.05) is 50.9 Å². The molecule has 1 N–H and O–H groups in total. The van der Waals surface area contributed by atoms with Crippen molar-refractivity contribution in [2.75, 3.05) is 5.75 Å². The number of hydrogen-bond donors (Lipinski definition) is 1. The summed E-state index contributed by atoms with van der Waals surface area (Å²) in [7, 11) is 0. The summed E-state index contributed by atoms with van der Waals surface area (Å²) in [5, 5.41) is 9.56. The lowest BCUT2D eigenvalue weighted by molar-refractivity contribution is 1.05. The summed E-state index contributed by atoms with van der Waals surface area (Å²) in [6.45, 7) is 12.1. The highest BCUT2D eigenvalue weighted by atomic mass is 35.5. The minimum Gasteiger partial charge on any atom is -0.277 e. The van der Waals surface area contributed by atoms with Crippen molar-refractivity contribution in [3.63, 3.8) is 0 Å². The third kappa shape index (κ3) is 6.81. The van der Waals surface area contributed by atoms with Crippen molar-refractivity contribution in [2.45, 2.75) is 34.1 Å². The minimum absolute atomic E-state index is 0.643. The van der Waals surface area contributed by atoms with Gasteiger partial charge in [-0.2, -0.15) is 5.10 Å². The van der Waals surface area contributed by atoms with Gasteiger partial charge in [0.25, 0.3) is 0 Å². The van der Waals surface area contributed by atoms with Crippen molar-refractivity contribution in [1.82, 2.24) is 15.2 Å². The smallest absolute Gasteiger partial charge is 0.142 e. The van der Waals surface area contributed by atoms with Crippen LogP contribution in [0.1, 0.15) is 45.4 Å². The van der Waals surface area contributed by atoms with E-state index >= 15 is 0 Å². The summed E-state index contributed by atoms with van der Waals surface area (Å²) in [6.07, 6.45) is 6.10. The molecule has 0 aliphatic rings. The molecule has 0 bridgehead atoms. The molecule has 2 aromatic rings. The van der Waals surface area contributed by atoms with Crippen LogP contribution in [0.4, 0.5) is 0 Å². The predicted molar refractivity (Wildman–Crippen MR) is 111 cm³/mol. The van der Waals surface area contributed by atoms with E-state index in [1.807, 2.05) is 39.0 Å². The van der Waals surface area contributed by atoms with Crippen molar-refractivity contribution in [1.29, 1.82) is 0 Å². The monoisotopic (exact) mass is 373 g/mol. The Hall–Kier alpha value is -1.96. The largest absolute Gasteiger partial charge is 0.277 e. The average molecular weight is 374 g/mol. The number of pyridine rings is 1. The van der Waals surface area contributed by atoms with Crippen LogP contribution < -0.4 is 10.6 Å². The van der Waals surface area contributed by atoms with Crippen LogP contribution in [0.15, 0.2) is 34.5 Å². The second-order valence-electron chi connectivity index (χ2n) is 4.76. The number of halogens is 1. The van der Waals surface area contributed by atoms with Gasteiger partial charge in [0.2, 0.25) is 0 Å². The van der Waals surface area contributed by atoms with E-state index in [-0.39, 0.29) is 0 Å². The Kier molecular flexibility index (Phi) is 9.76. The van der Waals surface area contributed by atoms with Crippen molar-refractivity contribution < 1.29 is 0 Å². The van der Waals surface area contributed by atoms with Crippen LogP contribution in [0.25, 0.3) is 12.7 Å². The molecule has 0 radical (unpaired) electrons. The number of allylic oxidation sites excluding steroid dienone is 2. The van der Waals surface area contributed by atoms with Gasteiger partial charge in [-0.05, 0) is 35.6 Å². The van der Waals surface area contributed by atoms with Crippen molar-refractivity contribution >= 4 is 36.0 Å². The molecule has 0 fully saturated rings. The van der Waals surface area contributed by atoms with Crippen LogP contribution in [0.5, 0.6) is 0 Å². The molecule has 2 rings (SSSR count). The van der Waals surface area contributed by atoms with E-state index in [0.29, 0.717) is 12.1 Å². The van der Waals surface area contributed by atoms with E-state index in [2.05, 4.69) is 40.5 Å². The second kappa shape index (κ2) is 11.6. The molecule has 0 aliphatic heterocycles. The number of hydrogen-bond acceptors (Lipinski definition) is 3. The molecule has 0 amide bonds. The third-order valence-corrected chi connectivity index (χ3v) is 4.62. The van der Waals surface area contributed by atoms with Crippen LogP contribution in [0, 0.1) is 11.8 Å². The summed E-state index contributed by atoms with van der Waals surface area (Å²) < 4.78 is 0. The second-order valence-corrected chi connectivity index (χ2v) is 6.69. The van der Waals surface area contributed by atoms with Crippen molar-refractivity contribution in [2.24, 2.45) is 0 Å². The van der Waals surface area contributed by atoms with Crippen LogP contribution in [0.3, 0.4) is 0 Å². The molecule has 132 valence electrons. The fourth-order valence-corrected chi connectivity index (χ4v) is 2.81. The number of aromatic amines is 1. The average Bonchev–Trinajstić information content (AvgIpc) is 3.00. The highest BCUT2D eigenvalue weighted by Crippen LogP contribution is 2.23. The summed E-state index contributed by atoms with van der Waals surface area (Å²) >= 11 is 8.08. The van der Waals surface area contributed by atoms with Gasteiger partial charge in [0, 0.05) is 34.6 Å². The fraction of sp³-hybridized carbons (Fsp3) is 0.300. The molecule has 3 nitrogen and oxygen atoms in total. The molecule has 0 unspecified atom stereocenters. The number of thioether (sulfide) groups is 1. The summed E-state index contributed by atoms with van der Waals surface area (Å²) in [5.74, 6) is 7.12. The number of H-pyrrole nitrogens is 1. The molecule has 0 saturated heterocycles. The zero-order valence-corrected chi connectivity index (χ0v) is 16.8. The molecule has 0 spiro atoms. The fourth-order valence-electron chi connectivity index (χ4n) is 1.90. The lowest BCUT2D eigenvalue weighted by atomic mass is 10.2. The Morgan fingerprint density at radius 2 is 2.16 bits per heavy atom. The van der Waals surface area contributed by atoms with Gasteiger partial charge in [-0.25, -0.2) is 0 Å². The van der Waals surface area contributed by atoms with Gasteiger partial charge in [0.1, 0.15) is 5.69 Å². The molecular weight excluding hydrogens is 350 g/mol. The van der Waals surface area contributed by atoms with Gasteiger partial charge >= 0.3 is 0 Å². The van der Waals surface area contributed by atoms with E-state index in [9.17, 15) is 0 Å². The van der Waals surface area contributed by atoms with E-state index in [0.717, 1.165) is 31.8 Å². The van der Waals surface area contributed by atoms with Crippen LogP contribution >= 0.6 is 23.4 Å². The highest BCUT2D eigenvalue weighted by molar-refractivity contribution is 8.03. The first-order chi connectivity index (χ1) is 12.1. The van der Waals surface area contributed by atoms with Gasteiger partial charge in [0.05, 0.1) is 5.35 Å².